The molecule has 0 amide bonds. The molecule has 0 saturated heterocycles. The minimum atomic E-state index is -0.332. The first-order valence-corrected chi connectivity index (χ1v) is 11.2. The fraction of sp³-hybridized carbons (Fsp3) is 0.360. The highest BCUT2D eigenvalue weighted by Crippen LogP contribution is 2.37. The summed E-state index contributed by atoms with van der Waals surface area (Å²) in [7, 11) is 1.59. The smallest absolute Gasteiger partial charge is 0.317 e. The first kappa shape index (κ1) is 22.2. The molecule has 0 spiro atoms. The number of benzene rings is 2. The number of aromatic nitrogens is 2. The number of rotatable bonds is 10. The molecule has 6 nitrogen and oxygen atoms in total. The van der Waals surface area contributed by atoms with Crippen LogP contribution >= 0.6 is 11.6 Å². The highest BCUT2D eigenvalue weighted by Gasteiger charge is 2.28. The first-order chi connectivity index (χ1) is 15.5. The van der Waals surface area contributed by atoms with Crippen LogP contribution in [0.1, 0.15) is 25.3 Å². The number of methoxy groups -OCH3 is 1. The molecule has 1 unspecified atom stereocenters. The predicted molar refractivity (Wildman–Crippen MR) is 124 cm³/mol. The van der Waals surface area contributed by atoms with Crippen molar-refractivity contribution in [2.45, 2.75) is 26.2 Å². The average molecular weight is 455 g/mol. The van der Waals surface area contributed by atoms with Gasteiger partial charge in [-0.25, -0.2) is 4.98 Å². The highest BCUT2D eigenvalue weighted by molar-refractivity contribution is 6.30. The van der Waals surface area contributed by atoms with Crippen LogP contribution in [0, 0.1) is 11.8 Å². The molecule has 3 aromatic rings. The maximum absolute atomic E-state index is 12.9. The second-order valence-electron chi connectivity index (χ2n) is 8.09. The van der Waals surface area contributed by atoms with Crippen LogP contribution in [0.2, 0.25) is 5.02 Å². The van der Waals surface area contributed by atoms with Gasteiger partial charge in [0.15, 0.2) is 11.5 Å². The van der Waals surface area contributed by atoms with Gasteiger partial charge in [0.25, 0.3) is 5.88 Å². The Balaban J connectivity index is 1.45. The molecule has 1 fully saturated rings. The molecule has 0 N–H and O–H groups in total. The van der Waals surface area contributed by atoms with E-state index in [4.69, 9.17) is 25.8 Å². The van der Waals surface area contributed by atoms with E-state index in [1.807, 2.05) is 36.4 Å². The molecule has 1 heterocycles. The van der Waals surface area contributed by atoms with E-state index >= 15 is 0 Å². The summed E-state index contributed by atoms with van der Waals surface area (Å²) >= 11 is 5.91. The van der Waals surface area contributed by atoms with Crippen LogP contribution in [-0.4, -0.2) is 29.9 Å². The quantitative estimate of drug-likeness (QED) is 0.434. The van der Waals surface area contributed by atoms with Crippen molar-refractivity contribution in [3.63, 3.8) is 0 Å². The van der Waals surface area contributed by atoms with Crippen LogP contribution in [0.3, 0.4) is 0 Å². The zero-order valence-electron chi connectivity index (χ0n) is 18.3. The Labute approximate surface area is 192 Å². The summed E-state index contributed by atoms with van der Waals surface area (Å²) in [6.45, 7) is 3.20. The molecule has 1 aliphatic carbocycles. The van der Waals surface area contributed by atoms with E-state index < -0.39 is 0 Å². The van der Waals surface area contributed by atoms with Gasteiger partial charge in [-0.05, 0) is 54.5 Å². The zero-order valence-corrected chi connectivity index (χ0v) is 19.0. The molecular formula is C25H27ClN2O4. The first-order valence-electron chi connectivity index (χ1n) is 10.8. The Morgan fingerprint density at radius 3 is 2.62 bits per heavy atom. The molecule has 1 aliphatic rings. The largest absolute Gasteiger partial charge is 0.493 e. The van der Waals surface area contributed by atoms with Crippen LogP contribution in [0.5, 0.6) is 17.4 Å². The molecule has 2 aromatic carbocycles. The number of ether oxygens (including phenoxy) is 3. The van der Waals surface area contributed by atoms with Gasteiger partial charge in [0.2, 0.25) is 0 Å². The van der Waals surface area contributed by atoms with Gasteiger partial charge in [-0.15, -0.1) is 0 Å². The van der Waals surface area contributed by atoms with Crippen molar-refractivity contribution in [2.75, 3.05) is 20.3 Å². The molecule has 0 aliphatic heterocycles. The Morgan fingerprint density at radius 1 is 1.12 bits per heavy atom. The Hall–Kier alpha value is -2.99. The third kappa shape index (κ3) is 5.43. The van der Waals surface area contributed by atoms with E-state index in [-0.39, 0.29) is 11.4 Å². The number of hydrogen-bond donors (Lipinski definition) is 0. The maximum Gasteiger partial charge on any atom is 0.317 e. The zero-order chi connectivity index (χ0) is 22.5. The summed E-state index contributed by atoms with van der Waals surface area (Å²) < 4.78 is 18.7. The van der Waals surface area contributed by atoms with Gasteiger partial charge < -0.3 is 14.2 Å². The number of halogens is 1. The molecule has 4 rings (SSSR count). The van der Waals surface area contributed by atoms with Crippen molar-refractivity contribution in [1.29, 1.82) is 0 Å². The lowest BCUT2D eigenvalue weighted by atomic mass is 10.1. The van der Waals surface area contributed by atoms with Crippen molar-refractivity contribution in [3.8, 4) is 23.1 Å². The lowest BCUT2D eigenvalue weighted by Gasteiger charge is -2.16. The Bertz CT molecular complexity index is 1110. The minimum absolute atomic E-state index is 0.0546. The molecular weight excluding hydrogens is 428 g/mol. The Morgan fingerprint density at radius 2 is 1.91 bits per heavy atom. The third-order valence-electron chi connectivity index (χ3n) is 5.71. The molecule has 1 atom stereocenters. The second-order valence-corrected chi connectivity index (χ2v) is 8.53. The normalized spacial score (nSPS) is 14.1. The summed E-state index contributed by atoms with van der Waals surface area (Å²) in [5.41, 5.74) is 1.39. The van der Waals surface area contributed by atoms with Gasteiger partial charge in [-0.2, -0.15) is 0 Å². The molecule has 7 heteroatoms. The monoisotopic (exact) mass is 454 g/mol. The minimum Gasteiger partial charge on any atom is -0.493 e. The van der Waals surface area contributed by atoms with Crippen LogP contribution in [0.25, 0.3) is 5.69 Å². The van der Waals surface area contributed by atoms with E-state index in [1.165, 1.54) is 17.4 Å². The second kappa shape index (κ2) is 10.1. The van der Waals surface area contributed by atoms with E-state index in [2.05, 4.69) is 11.9 Å². The third-order valence-corrected chi connectivity index (χ3v) is 5.96. The summed E-state index contributed by atoms with van der Waals surface area (Å²) in [6.07, 6.45) is 6.38. The SMILES string of the molecule is COc1cc(-n2ccnc(OCCc3ccc(Cl)cc3)c2=O)ccc1OCC(C)C1CC1. The van der Waals surface area contributed by atoms with Crippen molar-refractivity contribution in [1.82, 2.24) is 9.55 Å². The lowest BCUT2D eigenvalue weighted by Crippen LogP contribution is -2.22. The summed E-state index contributed by atoms with van der Waals surface area (Å²) in [4.78, 5) is 17.0. The van der Waals surface area contributed by atoms with Crippen LogP contribution < -0.4 is 19.8 Å². The highest BCUT2D eigenvalue weighted by atomic mass is 35.5. The fourth-order valence-corrected chi connectivity index (χ4v) is 3.69. The number of nitrogens with zero attached hydrogens (tertiary/aromatic N) is 2. The molecule has 168 valence electrons. The van der Waals surface area contributed by atoms with Crippen molar-refractivity contribution in [2.24, 2.45) is 11.8 Å². The van der Waals surface area contributed by atoms with Crippen molar-refractivity contribution >= 4 is 11.6 Å². The van der Waals surface area contributed by atoms with E-state index in [9.17, 15) is 4.79 Å². The summed E-state index contributed by atoms with van der Waals surface area (Å²) in [5, 5.41) is 0.687. The topological polar surface area (TPSA) is 62.6 Å². The molecule has 1 saturated carbocycles. The standard InChI is InChI=1S/C25H27ClN2O4/c1-17(19-5-6-19)16-32-22-10-9-21(15-23(22)30-2)28-13-12-27-24(25(28)29)31-14-11-18-3-7-20(26)8-4-18/h3-4,7-10,12-13,15,17,19H,5-6,11,14,16H2,1-2H3. The van der Waals surface area contributed by atoms with Gasteiger partial charge in [0.05, 0.1) is 26.0 Å². The Kier molecular flexibility index (Phi) is 7.00. The van der Waals surface area contributed by atoms with Gasteiger partial charge in [-0.1, -0.05) is 30.7 Å². The number of hydrogen-bond acceptors (Lipinski definition) is 5. The fourth-order valence-electron chi connectivity index (χ4n) is 3.56. The van der Waals surface area contributed by atoms with Gasteiger partial charge in [0, 0.05) is 29.9 Å². The van der Waals surface area contributed by atoms with E-state index in [0.29, 0.717) is 47.8 Å². The molecule has 32 heavy (non-hydrogen) atoms. The van der Waals surface area contributed by atoms with Crippen molar-refractivity contribution in [3.05, 3.63) is 75.8 Å². The van der Waals surface area contributed by atoms with Crippen LogP contribution in [-0.2, 0) is 6.42 Å². The molecule has 0 bridgehead atoms. The van der Waals surface area contributed by atoms with E-state index in [1.54, 1.807) is 25.6 Å². The van der Waals surface area contributed by atoms with Crippen molar-refractivity contribution < 1.29 is 14.2 Å². The summed E-state index contributed by atoms with van der Waals surface area (Å²) in [6, 6.07) is 13.0. The van der Waals surface area contributed by atoms with Crippen LogP contribution in [0.4, 0.5) is 0 Å². The van der Waals surface area contributed by atoms with Crippen LogP contribution in [0.15, 0.2) is 59.7 Å². The molecule has 1 aromatic heterocycles. The van der Waals surface area contributed by atoms with Gasteiger partial charge in [0.1, 0.15) is 0 Å². The summed E-state index contributed by atoms with van der Waals surface area (Å²) in [5.74, 6) is 2.60. The van der Waals surface area contributed by atoms with Gasteiger partial charge in [-0.3, -0.25) is 9.36 Å². The predicted octanol–water partition coefficient (Wildman–Crippen LogP) is 4.94. The maximum atomic E-state index is 12.9. The lowest BCUT2D eigenvalue weighted by molar-refractivity contribution is 0.234. The van der Waals surface area contributed by atoms with Gasteiger partial charge >= 0.3 is 5.56 Å². The van der Waals surface area contributed by atoms with E-state index in [0.717, 1.165) is 11.5 Å². The average Bonchev–Trinajstić information content (AvgIpc) is 3.65. The molecule has 0 radical (unpaired) electrons.